The SMILES string of the molecule is OCc1c(-c2ccc(Cl)cc2)ccnc1Cl. The Labute approximate surface area is 103 Å². The van der Waals surface area contributed by atoms with Crippen LogP contribution < -0.4 is 0 Å². The van der Waals surface area contributed by atoms with Gasteiger partial charge in [-0.1, -0.05) is 35.3 Å². The fraction of sp³-hybridized carbons (Fsp3) is 0.0833. The molecule has 0 fully saturated rings. The molecule has 0 radical (unpaired) electrons. The molecule has 1 aromatic carbocycles. The molecule has 0 bridgehead atoms. The minimum absolute atomic E-state index is 0.134. The summed E-state index contributed by atoms with van der Waals surface area (Å²) in [4.78, 5) is 3.93. The lowest BCUT2D eigenvalue weighted by Crippen LogP contribution is -1.92. The van der Waals surface area contributed by atoms with Crippen LogP contribution in [0, 0.1) is 0 Å². The van der Waals surface area contributed by atoms with E-state index in [-0.39, 0.29) is 6.61 Å². The summed E-state index contributed by atoms with van der Waals surface area (Å²) in [6.07, 6.45) is 1.62. The van der Waals surface area contributed by atoms with Crippen molar-refractivity contribution in [1.82, 2.24) is 4.98 Å². The lowest BCUT2D eigenvalue weighted by atomic mass is 10.0. The first kappa shape index (κ1) is 11.4. The Hall–Kier alpha value is -1.09. The van der Waals surface area contributed by atoms with Gasteiger partial charge in [-0.2, -0.15) is 0 Å². The highest BCUT2D eigenvalue weighted by molar-refractivity contribution is 6.31. The molecule has 0 aliphatic heterocycles. The second kappa shape index (κ2) is 4.83. The highest BCUT2D eigenvalue weighted by Crippen LogP contribution is 2.28. The Morgan fingerprint density at radius 1 is 1.06 bits per heavy atom. The van der Waals surface area contributed by atoms with Crippen LogP contribution in [0.5, 0.6) is 0 Å². The maximum absolute atomic E-state index is 9.26. The predicted octanol–water partition coefficient (Wildman–Crippen LogP) is 3.55. The number of aromatic nitrogens is 1. The molecule has 0 aliphatic carbocycles. The van der Waals surface area contributed by atoms with Crippen LogP contribution in [-0.4, -0.2) is 10.1 Å². The lowest BCUT2D eigenvalue weighted by Gasteiger charge is -2.08. The van der Waals surface area contributed by atoms with E-state index < -0.39 is 0 Å². The van der Waals surface area contributed by atoms with Gasteiger partial charge in [-0.15, -0.1) is 0 Å². The van der Waals surface area contributed by atoms with Crippen molar-refractivity contribution in [3.63, 3.8) is 0 Å². The Bertz CT molecular complexity index is 497. The monoisotopic (exact) mass is 253 g/mol. The molecule has 16 heavy (non-hydrogen) atoms. The van der Waals surface area contributed by atoms with Gasteiger partial charge in [-0.25, -0.2) is 4.98 Å². The fourth-order valence-electron chi connectivity index (χ4n) is 1.52. The summed E-state index contributed by atoms with van der Waals surface area (Å²) >= 11 is 11.7. The maximum Gasteiger partial charge on any atom is 0.135 e. The molecule has 0 atom stereocenters. The average Bonchev–Trinajstić information content (AvgIpc) is 2.30. The summed E-state index contributed by atoms with van der Waals surface area (Å²) in [6, 6.07) is 9.18. The molecule has 0 amide bonds. The predicted molar refractivity (Wildman–Crippen MR) is 65.6 cm³/mol. The van der Waals surface area contributed by atoms with Gasteiger partial charge in [-0.3, -0.25) is 0 Å². The number of aliphatic hydroxyl groups excluding tert-OH is 1. The minimum atomic E-state index is -0.134. The summed E-state index contributed by atoms with van der Waals surface area (Å²) < 4.78 is 0. The van der Waals surface area contributed by atoms with Gasteiger partial charge in [0.15, 0.2) is 0 Å². The van der Waals surface area contributed by atoms with E-state index in [1.165, 1.54) is 0 Å². The standard InChI is InChI=1S/C12H9Cl2NO/c13-9-3-1-8(2-4-9)10-5-6-15-12(14)11(10)7-16/h1-6,16H,7H2. The van der Waals surface area contributed by atoms with Crippen molar-refractivity contribution >= 4 is 23.2 Å². The summed E-state index contributed by atoms with van der Waals surface area (Å²) in [7, 11) is 0. The third kappa shape index (κ3) is 2.19. The minimum Gasteiger partial charge on any atom is -0.392 e. The highest BCUT2D eigenvalue weighted by atomic mass is 35.5. The van der Waals surface area contributed by atoms with Crippen molar-refractivity contribution in [2.75, 3.05) is 0 Å². The van der Waals surface area contributed by atoms with Crippen molar-refractivity contribution in [3.8, 4) is 11.1 Å². The van der Waals surface area contributed by atoms with Gasteiger partial charge in [0.1, 0.15) is 5.15 Å². The van der Waals surface area contributed by atoms with Crippen LogP contribution in [0.4, 0.5) is 0 Å². The zero-order valence-electron chi connectivity index (χ0n) is 8.32. The van der Waals surface area contributed by atoms with Crippen molar-refractivity contribution < 1.29 is 5.11 Å². The fourth-order valence-corrected chi connectivity index (χ4v) is 1.86. The van der Waals surface area contributed by atoms with Crippen LogP contribution in [0.2, 0.25) is 10.2 Å². The smallest absolute Gasteiger partial charge is 0.135 e. The van der Waals surface area contributed by atoms with E-state index in [0.717, 1.165) is 11.1 Å². The summed E-state index contributed by atoms with van der Waals surface area (Å²) in [6.45, 7) is -0.134. The van der Waals surface area contributed by atoms with Crippen molar-refractivity contribution in [2.24, 2.45) is 0 Å². The Morgan fingerprint density at radius 3 is 2.38 bits per heavy atom. The van der Waals surface area contributed by atoms with Crippen molar-refractivity contribution in [3.05, 3.63) is 52.3 Å². The number of pyridine rings is 1. The molecule has 0 aliphatic rings. The van der Waals surface area contributed by atoms with Gasteiger partial charge in [-0.05, 0) is 29.3 Å². The molecular weight excluding hydrogens is 245 g/mol. The van der Waals surface area contributed by atoms with Gasteiger partial charge < -0.3 is 5.11 Å². The van der Waals surface area contributed by atoms with Gasteiger partial charge in [0, 0.05) is 16.8 Å². The van der Waals surface area contributed by atoms with E-state index in [1.807, 2.05) is 18.2 Å². The topological polar surface area (TPSA) is 33.1 Å². The van der Waals surface area contributed by atoms with Crippen LogP contribution in [-0.2, 0) is 6.61 Å². The summed E-state index contributed by atoms with van der Waals surface area (Å²) in [5.74, 6) is 0. The van der Waals surface area contributed by atoms with Crippen molar-refractivity contribution in [1.29, 1.82) is 0 Å². The first-order chi connectivity index (χ1) is 7.72. The van der Waals surface area contributed by atoms with E-state index >= 15 is 0 Å². The van der Waals surface area contributed by atoms with E-state index in [0.29, 0.717) is 15.7 Å². The molecular formula is C12H9Cl2NO. The number of nitrogens with zero attached hydrogens (tertiary/aromatic N) is 1. The molecule has 1 aromatic heterocycles. The van der Waals surface area contributed by atoms with Crippen LogP contribution in [0.25, 0.3) is 11.1 Å². The molecule has 2 nitrogen and oxygen atoms in total. The second-order valence-corrected chi connectivity index (χ2v) is 4.09. The van der Waals surface area contributed by atoms with Crippen molar-refractivity contribution in [2.45, 2.75) is 6.61 Å². The van der Waals surface area contributed by atoms with E-state index in [2.05, 4.69) is 4.98 Å². The summed E-state index contributed by atoms with van der Waals surface area (Å²) in [5.41, 5.74) is 2.46. The number of hydrogen-bond acceptors (Lipinski definition) is 2. The average molecular weight is 254 g/mol. The highest BCUT2D eigenvalue weighted by Gasteiger charge is 2.08. The quantitative estimate of drug-likeness (QED) is 0.831. The van der Waals surface area contributed by atoms with Crippen LogP contribution in [0.15, 0.2) is 36.5 Å². The molecule has 0 saturated heterocycles. The number of halogens is 2. The summed E-state index contributed by atoms with van der Waals surface area (Å²) in [5, 5.41) is 10.3. The third-order valence-corrected chi connectivity index (χ3v) is 2.89. The molecule has 0 saturated carbocycles. The Balaban J connectivity index is 2.55. The van der Waals surface area contributed by atoms with Gasteiger partial charge in [0.25, 0.3) is 0 Å². The van der Waals surface area contributed by atoms with E-state index in [9.17, 15) is 5.11 Å². The second-order valence-electron chi connectivity index (χ2n) is 3.29. The van der Waals surface area contributed by atoms with E-state index in [1.54, 1.807) is 18.3 Å². The zero-order valence-corrected chi connectivity index (χ0v) is 9.83. The Kier molecular flexibility index (Phi) is 3.44. The third-order valence-electron chi connectivity index (χ3n) is 2.32. The maximum atomic E-state index is 9.26. The normalized spacial score (nSPS) is 10.4. The number of rotatable bonds is 2. The molecule has 4 heteroatoms. The van der Waals surface area contributed by atoms with Crippen LogP contribution in [0.3, 0.4) is 0 Å². The Morgan fingerprint density at radius 2 is 1.75 bits per heavy atom. The first-order valence-corrected chi connectivity index (χ1v) is 5.48. The molecule has 1 heterocycles. The van der Waals surface area contributed by atoms with E-state index in [4.69, 9.17) is 23.2 Å². The van der Waals surface area contributed by atoms with Gasteiger partial charge in [0.2, 0.25) is 0 Å². The first-order valence-electron chi connectivity index (χ1n) is 4.72. The van der Waals surface area contributed by atoms with Gasteiger partial charge >= 0.3 is 0 Å². The molecule has 1 N–H and O–H groups in total. The molecule has 2 rings (SSSR count). The molecule has 0 unspecified atom stereocenters. The molecule has 2 aromatic rings. The molecule has 82 valence electrons. The molecule has 0 spiro atoms. The number of hydrogen-bond donors (Lipinski definition) is 1. The van der Waals surface area contributed by atoms with Gasteiger partial charge in [0.05, 0.1) is 6.61 Å². The largest absolute Gasteiger partial charge is 0.392 e. The zero-order chi connectivity index (χ0) is 11.5. The number of benzene rings is 1. The van der Waals surface area contributed by atoms with Crippen LogP contribution >= 0.6 is 23.2 Å². The lowest BCUT2D eigenvalue weighted by molar-refractivity contribution is 0.282. The number of aliphatic hydroxyl groups is 1. The van der Waals surface area contributed by atoms with Crippen LogP contribution in [0.1, 0.15) is 5.56 Å².